The van der Waals surface area contributed by atoms with Gasteiger partial charge in [-0.05, 0) is 49.8 Å². The van der Waals surface area contributed by atoms with Crippen molar-refractivity contribution in [2.24, 2.45) is 0 Å². The molecule has 2 atom stereocenters. The molecule has 2 aromatic rings. The Hall–Kier alpha value is -3.13. The third kappa shape index (κ3) is 6.68. The second-order valence-electron chi connectivity index (χ2n) is 7.81. The molecule has 1 aliphatic rings. The summed E-state index contributed by atoms with van der Waals surface area (Å²) in [7, 11) is 0. The number of hydroxylamine groups is 1. The lowest BCUT2D eigenvalue weighted by molar-refractivity contribution is -0.124. The van der Waals surface area contributed by atoms with Crippen LogP contribution in [-0.4, -0.2) is 52.0 Å². The van der Waals surface area contributed by atoms with Gasteiger partial charge in [0.15, 0.2) is 5.78 Å². The van der Waals surface area contributed by atoms with Crippen LogP contribution in [0.3, 0.4) is 0 Å². The Morgan fingerprint density at radius 2 is 1.71 bits per heavy atom. The van der Waals surface area contributed by atoms with Gasteiger partial charge in [-0.1, -0.05) is 30.3 Å². The topological polar surface area (TPSA) is 94.6 Å². The van der Waals surface area contributed by atoms with Crippen molar-refractivity contribution in [2.75, 3.05) is 13.1 Å². The highest BCUT2D eigenvalue weighted by atomic mass is 16.5. The zero-order chi connectivity index (χ0) is 22.2. The average Bonchev–Trinajstić information content (AvgIpc) is 2.75. The predicted octanol–water partition coefficient (Wildman–Crippen LogP) is 2.68. The van der Waals surface area contributed by atoms with E-state index in [4.69, 9.17) is 5.21 Å². The number of aromatic nitrogens is 1. The first-order valence-corrected chi connectivity index (χ1v) is 10.3. The van der Waals surface area contributed by atoms with Crippen LogP contribution in [-0.2, 0) is 11.3 Å². The van der Waals surface area contributed by atoms with Gasteiger partial charge in [-0.25, -0.2) is 10.5 Å². The highest BCUT2D eigenvalue weighted by molar-refractivity contribution is 6.07. The molecular weight excluding hydrogens is 392 g/mol. The van der Waals surface area contributed by atoms with E-state index < -0.39 is 5.91 Å². The molecule has 2 heterocycles. The van der Waals surface area contributed by atoms with Crippen LogP contribution in [0.25, 0.3) is 12.2 Å². The van der Waals surface area contributed by atoms with E-state index in [-0.39, 0.29) is 5.78 Å². The number of piperazine rings is 1. The summed E-state index contributed by atoms with van der Waals surface area (Å²) in [6, 6.07) is 13.8. The Morgan fingerprint density at radius 1 is 1.06 bits per heavy atom. The van der Waals surface area contributed by atoms with Gasteiger partial charge in [-0.2, -0.15) is 0 Å². The fraction of sp³-hybridized carbons (Fsp3) is 0.292. The van der Waals surface area contributed by atoms with Crippen LogP contribution in [0, 0.1) is 0 Å². The minimum Gasteiger partial charge on any atom is -0.309 e. The molecule has 1 fully saturated rings. The molecule has 1 aromatic heterocycles. The summed E-state index contributed by atoms with van der Waals surface area (Å²) in [5.74, 6) is -0.711. The monoisotopic (exact) mass is 420 g/mol. The van der Waals surface area contributed by atoms with Crippen molar-refractivity contribution < 1.29 is 14.8 Å². The van der Waals surface area contributed by atoms with E-state index in [9.17, 15) is 9.59 Å². The average molecular weight is 421 g/mol. The second-order valence-corrected chi connectivity index (χ2v) is 7.81. The largest absolute Gasteiger partial charge is 0.309 e. The standard InChI is InChI=1S/C24H28N4O3/c1-17-14-28(15-18(2)25-17)16-19-6-3-4-9-22(19)23(29)12-10-20-7-5-8-21(26-20)11-13-24(30)27-31/h3-13,17-18,25,31H,14-16H2,1-2H3,(H,27,30)/b12-10+,13-11+/t17-,18+. The summed E-state index contributed by atoms with van der Waals surface area (Å²) < 4.78 is 0. The second kappa shape index (κ2) is 10.8. The number of hydrogen-bond acceptors (Lipinski definition) is 6. The van der Waals surface area contributed by atoms with Gasteiger partial charge in [0.1, 0.15) is 0 Å². The summed E-state index contributed by atoms with van der Waals surface area (Å²) in [6.45, 7) is 6.98. The zero-order valence-corrected chi connectivity index (χ0v) is 17.8. The smallest absolute Gasteiger partial charge is 0.267 e. The summed E-state index contributed by atoms with van der Waals surface area (Å²) in [5.41, 5.74) is 4.37. The quantitative estimate of drug-likeness (QED) is 0.276. The molecule has 1 aromatic carbocycles. The van der Waals surface area contributed by atoms with Crippen LogP contribution < -0.4 is 10.8 Å². The Bertz CT molecular complexity index is 976. The molecule has 3 N–H and O–H groups in total. The number of pyridine rings is 1. The molecule has 0 aliphatic carbocycles. The first-order chi connectivity index (χ1) is 14.9. The van der Waals surface area contributed by atoms with E-state index in [1.54, 1.807) is 24.3 Å². The highest BCUT2D eigenvalue weighted by Crippen LogP contribution is 2.16. The van der Waals surface area contributed by atoms with Crippen molar-refractivity contribution in [1.82, 2.24) is 20.7 Å². The Balaban J connectivity index is 1.72. The van der Waals surface area contributed by atoms with E-state index in [2.05, 4.69) is 29.0 Å². The molecular formula is C24H28N4O3. The Labute approximate surface area is 182 Å². The summed E-state index contributed by atoms with van der Waals surface area (Å²) >= 11 is 0. The van der Waals surface area contributed by atoms with E-state index in [1.165, 1.54) is 23.7 Å². The normalized spacial score (nSPS) is 19.7. The molecule has 0 spiro atoms. The first-order valence-electron chi connectivity index (χ1n) is 10.3. The molecule has 0 unspecified atom stereocenters. The van der Waals surface area contributed by atoms with E-state index in [0.29, 0.717) is 29.0 Å². The van der Waals surface area contributed by atoms with Gasteiger partial charge < -0.3 is 5.32 Å². The van der Waals surface area contributed by atoms with Crippen LogP contribution in [0.1, 0.15) is 41.2 Å². The van der Waals surface area contributed by atoms with Crippen molar-refractivity contribution >= 4 is 23.8 Å². The number of allylic oxidation sites excluding steroid dienone is 1. The number of amides is 1. The van der Waals surface area contributed by atoms with E-state index in [0.717, 1.165) is 25.2 Å². The predicted molar refractivity (Wildman–Crippen MR) is 120 cm³/mol. The summed E-state index contributed by atoms with van der Waals surface area (Å²) in [4.78, 5) is 30.8. The first kappa shape index (κ1) is 22.6. The van der Waals surface area contributed by atoms with Gasteiger partial charge in [0.25, 0.3) is 5.91 Å². The van der Waals surface area contributed by atoms with Crippen LogP contribution in [0.4, 0.5) is 0 Å². The van der Waals surface area contributed by atoms with Crippen LogP contribution in [0.2, 0.25) is 0 Å². The van der Waals surface area contributed by atoms with Crippen LogP contribution >= 0.6 is 0 Å². The van der Waals surface area contributed by atoms with Gasteiger partial charge in [0.2, 0.25) is 0 Å². The molecule has 7 heteroatoms. The fourth-order valence-corrected chi connectivity index (χ4v) is 3.81. The Morgan fingerprint density at radius 3 is 2.39 bits per heavy atom. The molecule has 7 nitrogen and oxygen atoms in total. The zero-order valence-electron chi connectivity index (χ0n) is 17.8. The molecule has 0 bridgehead atoms. The summed E-state index contributed by atoms with van der Waals surface area (Å²) in [6.07, 6.45) is 5.85. The molecule has 1 amide bonds. The van der Waals surface area contributed by atoms with Crippen molar-refractivity contribution in [2.45, 2.75) is 32.5 Å². The fourth-order valence-electron chi connectivity index (χ4n) is 3.81. The number of rotatable bonds is 7. The molecule has 1 saturated heterocycles. The van der Waals surface area contributed by atoms with Gasteiger partial charge in [-0.15, -0.1) is 0 Å². The van der Waals surface area contributed by atoms with Gasteiger partial charge in [0.05, 0.1) is 11.4 Å². The third-order valence-electron chi connectivity index (χ3n) is 5.02. The number of hydrogen-bond donors (Lipinski definition) is 3. The minimum absolute atomic E-state index is 0.0748. The summed E-state index contributed by atoms with van der Waals surface area (Å²) in [5, 5.41) is 12.1. The van der Waals surface area contributed by atoms with Gasteiger partial charge in [0, 0.05) is 43.4 Å². The van der Waals surface area contributed by atoms with Crippen LogP contribution in [0.15, 0.2) is 54.6 Å². The number of nitrogens with zero attached hydrogens (tertiary/aromatic N) is 2. The lowest BCUT2D eigenvalue weighted by Crippen LogP contribution is -2.53. The van der Waals surface area contributed by atoms with Crippen LogP contribution in [0.5, 0.6) is 0 Å². The maximum Gasteiger partial charge on any atom is 0.267 e. The number of carbonyl (C=O) groups is 2. The maximum atomic E-state index is 12.9. The number of benzene rings is 1. The minimum atomic E-state index is -0.636. The highest BCUT2D eigenvalue weighted by Gasteiger charge is 2.22. The van der Waals surface area contributed by atoms with Crippen molar-refractivity contribution in [3.05, 3.63) is 77.1 Å². The van der Waals surface area contributed by atoms with Crippen molar-refractivity contribution in [1.29, 1.82) is 0 Å². The maximum absolute atomic E-state index is 12.9. The molecule has 1 aliphatic heterocycles. The number of ketones is 1. The van der Waals surface area contributed by atoms with Crippen molar-refractivity contribution in [3.8, 4) is 0 Å². The SMILES string of the molecule is C[C@@H]1CN(Cc2ccccc2C(=O)/C=C/c2cccc(/C=C/C(=O)NO)n2)C[C@H](C)N1. The molecule has 31 heavy (non-hydrogen) atoms. The van der Waals surface area contributed by atoms with E-state index in [1.807, 2.05) is 24.3 Å². The van der Waals surface area contributed by atoms with Gasteiger partial charge >= 0.3 is 0 Å². The lowest BCUT2D eigenvalue weighted by Gasteiger charge is -2.36. The third-order valence-corrected chi connectivity index (χ3v) is 5.02. The van der Waals surface area contributed by atoms with E-state index >= 15 is 0 Å². The van der Waals surface area contributed by atoms with Gasteiger partial charge in [-0.3, -0.25) is 19.7 Å². The number of carbonyl (C=O) groups excluding carboxylic acids is 2. The lowest BCUT2D eigenvalue weighted by atomic mass is 10.0. The molecule has 0 radical (unpaired) electrons. The molecule has 0 saturated carbocycles. The molecule has 162 valence electrons. The molecule has 3 rings (SSSR count). The number of nitrogens with one attached hydrogen (secondary N) is 2. The van der Waals surface area contributed by atoms with Crippen molar-refractivity contribution in [3.63, 3.8) is 0 Å². The Kier molecular flexibility index (Phi) is 7.83.